The van der Waals surface area contributed by atoms with Gasteiger partial charge in [0.25, 0.3) is 0 Å². The van der Waals surface area contributed by atoms with Gasteiger partial charge in [0, 0.05) is 18.2 Å². The van der Waals surface area contributed by atoms with E-state index in [-0.39, 0.29) is 11.3 Å². The minimum absolute atomic E-state index is 0.0101. The van der Waals surface area contributed by atoms with E-state index in [1.807, 2.05) is 20.8 Å². The standard InChI is InChI=1S/C12H17F2NO/c1-12(2,3)15-6-7-16-11-8-9(13)4-5-10(11)14/h4-5,8,15H,6-7H2,1-3H3. The first-order valence-corrected chi connectivity index (χ1v) is 5.21. The van der Waals surface area contributed by atoms with Gasteiger partial charge in [-0.2, -0.15) is 0 Å². The van der Waals surface area contributed by atoms with Gasteiger partial charge in [0.15, 0.2) is 11.6 Å². The van der Waals surface area contributed by atoms with Crippen molar-refractivity contribution < 1.29 is 13.5 Å². The van der Waals surface area contributed by atoms with Crippen molar-refractivity contribution in [2.45, 2.75) is 26.3 Å². The highest BCUT2D eigenvalue weighted by molar-refractivity contribution is 5.24. The average molecular weight is 229 g/mol. The lowest BCUT2D eigenvalue weighted by molar-refractivity contribution is 0.278. The predicted octanol–water partition coefficient (Wildman–Crippen LogP) is 2.73. The number of ether oxygens (including phenoxy) is 1. The van der Waals surface area contributed by atoms with E-state index >= 15 is 0 Å². The first kappa shape index (κ1) is 12.9. The first-order valence-electron chi connectivity index (χ1n) is 5.21. The fourth-order valence-corrected chi connectivity index (χ4v) is 1.17. The number of nitrogens with one attached hydrogen (secondary N) is 1. The summed E-state index contributed by atoms with van der Waals surface area (Å²) in [6.45, 7) is 6.96. The topological polar surface area (TPSA) is 21.3 Å². The molecule has 0 aliphatic carbocycles. The molecule has 0 fully saturated rings. The highest BCUT2D eigenvalue weighted by atomic mass is 19.1. The Labute approximate surface area is 94.6 Å². The highest BCUT2D eigenvalue weighted by Gasteiger charge is 2.08. The van der Waals surface area contributed by atoms with Gasteiger partial charge >= 0.3 is 0 Å². The number of rotatable bonds is 4. The summed E-state index contributed by atoms with van der Waals surface area (Å²) in [5, 5.41) is 3.18. The van der Waals surface area contributed by atoms with Crippen molar-refractivity contribution in [3.8, 4) is 5.75 Å². The van der Waals surface area contributed by atoms with Crippen LogP contribution in [-0.4, -0.2) is 18.7 Å². The molecule has 0 unspecified atom stereocenters. The maximum absolute atomic E-state index is 13.1. The number of hydrogen-bond acceptors (Lipinski definition) is 2. The van der Waals surface area contributed by atoms with Crippen molar-refractivity contribution in [1.29, 1.82) is 0 Å². The third-order valence-electron chi connectivity index (χ3n) is 1.91. The van der Waals surface area contributed by atoms with Crippen LogP contribution in [0.5, 0.6) is 5.75 Å². The van der Waals surface area contributed by atoms with Crippen molar-refractivity contribution in [1.82, 2.24) is 5.32 Å². The Kier molecular flexibility index (Phi) is 4.24. The minimum atomic E-state index is -0.544. The molecule has 0 aliphatic heterocycles. The van der Waals surface area contributed by atoms with Crippen molar-refractivity contribution in [3.63, 3.8) is 0 Å². The van der Waals surface area contributed by atoms with Gasteiger partial charge in [-0.1, -0.05) is 0 Å². The van der Waals surface area contributed by atoms with Crippen LogP contribution in [-0.2, 0) is 0 Å². The second-order valence-corrected chi connectivity index (χ2v) is 4.60. The van der Waals surface area contributed by atoms with Crippen molar-refractivity contribution >= 4 is 0 Å². The maximum atomic E-state index is 13.1. The summed E-state index contributed by atoms with van der Waals surface area (Å²) in [5.41, 5.74) is -0.0101. The quantitative estimate of drug-likeness (QED) is 0.801. The fraction of sp³-hybridized carbons (Fsp3) is 0.500. The zero-order valence-electron chi connectivity index (χ0n) is 9.81. The Morgan fingerprint density at radius 1 is 1.25 bits per heavy atom. The number of hydrogen-bond donors (Lipinski definition) is 1. The molecule has 0 heterocycles. The summed E-state index contributed by atoms with van der Waals surface area (Å²) in [4.78, 5) is 0. The smallest absolute Gasteiger partial charge is 0.165 e. The van der Waals surface area contributed by atoms with Crippen LogP contribution in [0.4, 0.5) is 8.78 Å². The molecule has 0 amide bonds. The molecule has 1 aromatic rings. The highest BCUT2D eigenvalue weighted by Crippen LogP contribution is 2.17. The summed E-state index contributed by atoms with van der Waals surface area (Å²) in [5.74, 6) is -1.09. The first-order chi connectivity index (χ1) is 7.38. The number of benzene rings is 1. The van der Waals surface area contributed by atoms with E-state index in [9.17, 15) is 8.78 Å². The molecule has 0 aromatic heterocycles. The molecule has 0 radical (unpaired) electrons. The molecule has 2 nitrogen and oxygen atoms in total. The van der Waals surface area contributed by atoms with Crippen molar-refractivity contribution in [3.05, 3.63) is 29.8 Å². The van der Waals surface area contributed by atoms with E-state index in [0.29, 0.717) is 13.2 Å². The summed E-state index contributed by atoms with van der Waals surface area (Å²) in [6, 6.07) is 3.17. The van der Waals surface area contributed by atoms with Gasteiger partial charge in [-0.25, -0.2) is 8.78 Å². The molecule has 0 saturated heterocycles. The normalized spacial score (nSPS) is 11.6. The molecule has 0 bridgehead atoms. The van der Waals surface area contributed by atoms with Crippen LogP contribution in [0.2, 0.25) is 0 Å². The summed E-state index contributed by atoms with van der Waals surface area (Å²) in [6.07, 6.45) is 0. The molecule has 0 spiro atoms. The number of halogens is 2. The molecule has 1 rings (SSSR count). The van der Waals surface area contributed by atoms with E-state index in [2.05, 4.69) is 5.32 Å². The van der Waals surface area contributed by atoms with Gasteiger partial charge in [-0.3, -0.25) is 0 Å². The third-order valence-corrected chi connectivity index (χ3v) is 1.91. The van der Waals surface area contributed by atoms with Gasteiger partial charge in [0.1, 0.15) is 12.4 Å². The minimum Gasteiger partial charge on any atom is -0.489 e. The molecule has 16 heavy (non-hydrogen) atoms. The molecule has 4 heteroatoms. The summed E-state index contributed by atoms with van der Waals surface area (Å²) >= 11 is 0. The SMILES string of the molecule is CC(C)(C)NCCOc1cc(F)ccc1F. The van der Waals surface area contributed by atoms with Gasteiger partial charge in [-0.15, -0.1) is 0 Å². The van der Waals surface area contributed by atoms with Gasteiger partial charge in [0.05, 0.1) is 0 Å². The maximum Gasteiger partial charge on any atom is 0.165 e. The zero-order chi connectivity index (χ0) is 12.2. The lowest BCUT2D eigenvalue weighted by atomic mass is 10.1. The van der Waals surface area contributed by atoms with Gasteiger partial charge < -0.3 is 10.1 Å². The van der Waals surface area contributed by atoms with E-state index in [0.717, 1.165) is 18.2 Å². The van der Waals surface area contributed by atoms with Crippen LogP contribution >= 0.6 is 0 Å². The average Bonchev–Trinajstić information content (AvgIpc) is 2.16. The molecule has 1 aromatic carbocycles. The Morgan fingerprint density at radius 3 is 2.56 bits per heavy atom. The second-order valence-electron chi connectivity index (χ2n) is 4.60. The van der Waals surface area contributed by atoms with Crippen LogP contribution in [0, 0.1) is 11.6 Å². The molecule has 0 aliphatic rings. The lowest BCUT2D eigenvalue weighted by Crippen LogP contribution is -2.38. The van der Waals surface area contributed by atoms with Crippen molar-refractivity contribution in [2.75, 3.05) is 13.2 Å². The Morgan fingerprint density at radius 2 is 1.94 bits per heavy atom. The third kappa shape index (κ3) is 4.57. The Hall–Kier alpha value is -1.16. The van der Waals surface area contributed by atoms with Crippen LogP contribution in [0.3, 0.4) is 0 Å². The Balaban J connectivity index is 2.40. The molecular weight excluding hydrogens is 212 g/mol. The van der Waals surface area contributed by atoms with Crippen LogP contribution in [0.1, 0.15) is 20.8 Å². The van der Waals surface area contributed by atoms with E-state index in [1.165, 1.54) is 0 Å². The monoisotopic (exact) mass is 229 g/mol. The largest absolute Gasteiger partial charge is 0.489 e. The van der Waals surface area contributed by atoms with Gasteiger partial charge in [0.2, 0.25) is 0 Å². The molecule has 0 atom stereocenters. The lowest BCUT2D eigenvalue weighted by Gasteiger charge is -2.20. The molecule has 1 N–H and O–H groups in total. The molecular formula is C12H17F2NO. The second kappa shape index (κ2) is 5.25. The summed E-state index contributed by atoms with van der Waals surface area (Å²) in [7, 11) is 0. The van der Waals surface area contributed by atoms with Crippen LogP contribution in [0.25, 0.3) is 0 Å². The van der Waals surface area contributed by atoms with Gasteiger partial charge in [-0.05, 0) is 32.9 Å². The van der Waals surface area contributed by atoms with E-state index in [1.54, 1.807) is 0 Å². The predicted molar refractivity (Wildman–Crippen MR) is 59.6 cm³/mol. The molecule has 0 saturated carbocycles. The van der Waals surface area contributed by atoms with Crippen LogP contribution in [0.15, 0.2) is 18.2 Å². The van der Waals surface area contributed by atoms with Crippen LogP contribution < -0.4 is 10.1 Å². The molecule has 90 valence electrons. The zero-order valence-corrected chi connectivity index (χ0v) is 9.81. The van der Waals surface area contributed by atoms with Crippen molar-refractivity contribution in [2.24, 2.45) is 0 Å². The van der Waals surface area contributed by atoms with E-state index in [4.69, 9.17) is 4.74 Å². The summed E-state index contributed by atoms with van der Waals surface area (Å²) < 4.78 is 31.0. The van der Waals surface area contributed by atoms with E-state index < -0.39 is 11.6 Å². The fourth-order valence-electron chi connectivity index (χ4n) is 1.17. The Bertz CT molecular complexity index is 347.